The normalized spacial score (nSPS) is 10.7. The Hall–Kier alpha value is -3.16. The van der Waals surface area contributed by atoms with Crippen molar-refractivity contribution in [1.82, 2.24) is 4.98 Å². The van der Waals surface area contributed by atoms with Crippen molar-refractivity contribution >= 4 is 56.5 Å². The largest absolute Gasteiger partial charge is 0.325 e. The lowest BCUT2D eigenvalue weighted by Crippen LogP contribution is -2.15. The molecule has 0 radical (unpaired) electrons. The molecular weight excluding hydrogens is 414 g/mol. The van der Waals surface area contributed by atoms with Crippen LogP contribution in [0.4, 0.5) is 11.4 Å². The molecular formula is C23H19N3O2S2. The van der Waals surface area contributed by atoms with Gasteiger partial charge in [0.05, 0.1) is 16.0 Å². The minimum atomic E-state index is -0.187. The topological polar surface area (TPSA) is 71.1 Å². The van der Waals surface area contributed by atoms with Gasteiger partial charge in [-0.25, -0.2) is 4.98 Å². The number of hydrogen-bond acceptors (Lipinski definition) is 5. The Morgan fingerprint density at radius 3 is 2.53 bits per heavy atom. The number of amides is 2. The summed E-state index contributed by atoms with van der Waals surface area (Å²) in [7, 11) is 0. The van der Waals surface area contributed by atoms with E-state index in [2.05, 4.69) is 15.6 Å². The fraction of sp³-hybridized carbons (Fsp3) is 0.0870. The Balaban J connectivity index is 1.38. The summed E-state index contributed by atoms with van der Waals surface area (Å²) < 4.78 is 1.98. The van der Waals surface area contributed by atoms with Crippen LogP contribution in [0.5, 0.6) is 0 Å². The van der Waals surface area contributed by atoms with Crippen molar-refractivity contribution in [1.29, 1.82) is 0 Å². The van der Waals surface area contributed by atoms with Gasteiger partial charge in [-0.1, -0.05) is 48.2 Å². The summed E-state index contributed by atoms with van der Waals surface area (Å²) in [5.74, 6) is -0.0450. The van der Waals surface area contributed by atoms with Gasteiger partial charge in [-0.3, -0.25) is 9.59 Å². The van der Waals surface area contributed by atoms with E-state index in [9.17, 15) is 9.59 Å². The highest BCUT2D eigenvalue weighted by molar-refractivity contribution is 8.01. The zero-order valence-electron chi connectivity index (χ0n) is 16.2. The Morgan fingerprint density at radius 1 is 0.967 bits per heavy atom. The van der Waals surface area contributed by atoms with Gasteiger partial charge >= 0.3 is 0 Å². The van der Waals surface area contributed by atoms with Crippen LogP contribution in [0.25, 0.3) is 10.2 Å². The average Bonchev–Trinajstić information content (AvgIpc) is 3.18. The highest BCUT2D eigenvalue weighted by Gasteiger charge is 2.11. The summed E-state index contributed by atoms with van der Waals surface area (Å²) in [5.41, 5.74) is 3.75. The minimum Gasteiger partial charge on any atom is -0.325 e. The standard InChI is InChI=1S/C23H19N3O2S2/c1-15-11-12-17(13-19(15)25-22(28)16-7-3-2-4-8-16)24-21(27)14-29-23-26-18-9-5-6-10-20(18)30-23/h2-13H,14H2,1H3,(H,24,27)(H,25,28). The second-order valence-corrected chi connectivity index (χ2v) is 8.89. The van der Waals surface area contributed by atoms with E-state index in [1.807, 2.05) is 61.5 Å². The number of aryl methyl sites for hydroxylation is 1. The summed E-state index contributed by atoms with van der Waals surface area (Å²) in [6, 6.07) is 22.4. The molecule has 1 aromatic heterocycles. The monoisotopic (exact) mass is 433 g/mol. The van der Waals surface area contributed by atoms with Crippen LogP contribution >= 0.6 is 23.1 Å². The van der Waals surface area contributed by atoms with Gasteiger partial charge < -0.3 is 10.6 Å². The summed E-state index contributed by atoms with van der Waals surface area (Å²) in [5, 5.41) is 5.80. The number of carbonyl (C=O) groups excluding carboxylic acids is 2. The van der Waals surface area contributed by atoms with Crippen LogP contribution in [-0.2, 0) is 4.79 Å². The van der Waals surface area contributed by atoms with Crippen molar-refractivity contribution in [3.8, 4) is 0 Å². The van der Waals surface area contributed by atoms with E-state index >= 15 is 0 Å². The lowest BCUT2D eigenvalue weighted by Gasteiger charge is -2.11. The quantitative estimate of drug-likeness (QED) is 0.389. The van der Waals surface area contributed by atoms with Crippen molar-refractivity contribution in [2.45, 2.75) is 11.3 Å². The first-order valence-electron chi connectivity index (χ1n) is 9.34. The van der Waals surface area contributed by atoms with Crippen molar-refractivity contribution in [2.75, 3.05) is 16.4 Å². The maximum atomic E-state index is 12.4. The molecule has 0 bridgehead atoms. The van der Waals surface area contributed by atoms with Crippen LogP contribution < -0.4 is 10.6 Å². The minimum absolute atomic E-state index is 0.122. The third kappa shape index (κ3) is 4.87. The van der Waals surface area contributed by atoms with Gasteiger partial charge in [-0.05, 0) is 48.9 Å². The first-order chi connectivity index (χ1) is 14.6. The SMILES string of the molecule is Cc1ccc(NC(=O)CSc2nc3ccccc3s2)cc1NC(=O)c1ccccc1. The van der Waals surface area contributed by atoms with E-state index in [4.69, 9.17) is 0 Å². The van der Waals surface area contributed by atoms with Crippen molar-refractivity contribution < 1.29 is 9.59 Å². The summed E-state index contributed by atoms with van der Waals surface area (Å²) in [6.07, 6.45) is 0. The van der Waals surface area contributed by atoms with Crippen LogP contribution in [0.2, 0.25) is 0 Å². The van der Waals surface area contributed by atoms with Crippen LogP contribution in [-0.4, -0.2) is 22.6 Å². The van der Waals surface area contributed by atoms with Crippen molar-refractivity contribution in [2.24, 2.45) is 0 Å². The van der Waals surface area contributed by atoms with E-state index in [1.54, 1.807) is 29.5 Å². The van der Waals surface area contributed by atoms with E-state index in [0.29, 0.717) is 16.9 Å². The molecule has 0 saturated heterocycles. The number of fused-ring (bicyclic) bond motifs is 1. The van der Waals surface area contributed by atoms with Crippen LogP contribution in [0.3, 0.4) is 0 Å². The molecule has 0 aliphatic heterocycles. The number of nitrogens with zero attached hydrogens (tertiary/aromatic N) is 1. The van der Waals surface area contributed by atoms with Gasteiger partial charge in [-0.2, -0.15) is 0 Å². The fourth-order valence-corrected chi connectivity index (χ4v) is 4.72. The molecule has 0 aliphatic rings. The van der Waals surface area contributed by atoms with Gasteiger partial charge in [0.25, 0.3) is 5.91 Å². The first kappa shape index (κ1) is 20.1. The molecule has 0 atom stereocenters. The van der Waals surface area contributed by atoms with E-state index in [1.165, 1.54) is 11.8 Å². The number of benzene rings is 3. The predicted octanol–water partition coefficient (Wildman–Crippen LogP) is 5.59. The zero-order chi connectivity index (χ0) is 20.9. The molecule has 5 nitrogen and oxygen atoms in total. The molecule has 3 aromatic carbocycles. The van der Waals surface area contributed by atoms with Gasteiger partial charge in [0.1, 0.15) is 0 Å². The third-order valence-electron chi connectivity index (χ3n) is 4.41. The average molecular weight is 434 g/mol. The summed E-state index contributed by atoms with van der Waals surface area (Å²) >= 11 is 2.99. The molecule has 0 aliphatic carbocycles. The molecule has 2 amide bonds. The van der Waals surface area contributed by atoms with E-state index in [-0.39, 0.29) is 17.6 Å². The molecule has 2 N–H and O–H groups in total. The highest BCUT2D eigenvalue weighted by atomic mass is 32.2. The molecule has 7 heteroatoms. The summed E-state index contributed by atoms with van der Waals surface area (Å²) in [4.78, 5) is 29.4. The highest BCUT2D eigenvalue weighted by Crippen LogP contribution is 2.29. The number of nitrogens with one attached hydrogen (secondary N) is 2. The molecule has 0 unspecified atom stereocenters. The predicted molar refractivity (Wildman–Crippen MR) is 125 cm³/mol. The van der Waals surface area contributed by atoms with Crippen molar-refractivity contribution in [3.05, 3.63) is 83.9 Å². The molecule has 150 valence electrons. The second kappa shape index (κ2) is 9.11. The zero-order valence-corrected chi connectivity index (χ0v) is 17.8. The first-order valence-corrected chi connectivity index (χ1v) is 11.1. The number of anilines is 2. The molecule has 4 rings (SSSR count). The number of thiazole rings is 1. The molecule has 4 aromatic rings. The maximum absolute atomic E-state index is 12.4. The number of thioether (sulfide) groups is 1. The van der Waals surface area contributed by atoms with Crippen LogP contribution in [0.1, 0.15) is 15.9 Å². The molecule has 0 spiro atoms. The Labute approximate surface area is 182 Å². The Morgan fingerprint density at radius 2 is 1.73 bits per heavy atom. The number of rotatable bonds is 6. The van der Waals surface area contributed by atoms with Crippen molar-refractivity contribution in [3.63, 3.8) is 0 Å². The number of aromatic nitrogens is 1. The second-order valence-electron chi connectivity index (χ2n) is 6.63. The van der Waals surface area contributed by atoms with Gasteiger partial charge in [-0.15, -0.1) is 11.3 Å². The Bertz CT molecular complexity index is 1170. The van der Waals surface area contributed by atoms with Gasteiger partial charge in [0.2, 0.25) is 5.91 Å². The maximum Gasteiger partial charge on any atom is 0.255 e. The molecule has 30 heavy (non-hydrogen) atoms. The van der Waals surface area contributed by atoms with E-state index < -0.39 is 0 Å². The lowest BCUT2D eigenvalue weighted by molar-refractivity contribution is -0.113. The molecule has 1 heterocycles. The third-order valence-corrected chi connectivity index (χ3v) is 6.59. The van der Waals surface area contributed by atoms with Crippen LogP contribution in [0.15, 0.2) is 77.1 Å². The van der Waals surface area contributed by atoms with E-state index in [0.717, 1.165) is 20.1 Å². The number of para-hydroxylation sites is 1. The molecule has 0 fully saturated rings. The lowest BCUT2D eigenvalue weighted by atomic mass is 10.1. The summed E-state index contributed by atoms with van der Waals surface area (Å²) in [6.45, 7) is 1.91. The van der Waals surface area contributed by atoms with Gasteiger partial charge in [0.15, 0.2) is 4.34 Å². The van der Waals surface area contributed by atoms with Gasteiger partial charge in [0, 0.05) is 16.9 Å². The smallest absolute Gasteiger partial charge is 0.255 e. The molecule has 0 saturated carbocycles. The number of carbonyl (C=O) groups is 2. The van der Waals surface area contributed by atoms with Crippen LogP contribution in [0, 0.1) is 6.92 Å². The number of hydrogen-bond donors (Lipinski definition) is 2. The fourth-order valence-electron chi connectivity index (χ4n) is 2.86. The Kier molecular flexibility index (Phi) is 6.11.